The van der Waals surface area contributed by atoms with Crippen LogP contribution in [0.5, 0.6) is 5.75 Å². The largest absolute Gasteiger partial charge is 0.494 e. The molecule has 3 aromatic rings. The Kier molecular flexibility index (Phi) is 4.49. The van der Waals surface area contributed by atoms with E-state index in [4.69, 9.17) is 4.74 Å². The van der Waals surface area contributed by atoms with Crippen LogP contribution < -0.4 is 4.74 Å². The molecule has 7 heteroatoms. The van der Waals surface area contributed by atoms with Crippen LogP contribution in [0, 0.1) is 17.0 Å². The molecule has 0 amide bonds. The molecule has 2 aromatic carbocycles. The zero-order chi connectivity index (χ0) is 16.4. The first-order valence-electron chi connectivity index (χ1n) is 7.03. The predicted molar refractivity (Wildman–Crippen MR) is 92.7 cm³/mol. The van der Waals surface area contributed by atoms with Crippen molar-refractivity contribution in [3.8, 4) is 5.75 Å². The quantitative estimate of drug-likeness (QED) is 0.477. The summed E-state index contributed by atoms with van der Waals surface area (Å²) < 4.78 is 7.48. The molecule has 118 valence electrons. The first-order chi connectivity index (χ1) is 11.1. The van der Waals surface area contributed by atoms with Gasteiger partial charge in [-0.15, -0.1) is 11.3 Å². The Morgan fingerprint density at radius 1 is 1.30 bits per heavy atom. The number of rotatable bonds is 5. The molecule has 0 atom stereocenters. The van der Waals surface area contributed by atoms with Crippen LogP contribution in [0.25, 0.3) is 10.2 Å². The highest BCUT2D eigenvalue weighted by molar-refractivity contribution is 8.01. The van der Waals surface area contributed by atoms with Crippen LogP contribution in [0.1, 0.15) is 12.5 Å². The summed E-state index contributed by atoms with van der Waals surface area (Å²) in [4.78, 5) is 16.0. The summed E-state index contributed by atoms with van der Waals surface area (Å²) in [6.07, 6.45) is 0. The van der Waals surface area contributed by atoms with E-state index >= 15 is 0 Å². The number of hydrogen-bond donors (Lipinski definition) is 0. The molecule has 23 heavy (non-hydrogen) atoms. The molecule has 0 fully saturated rings. The van der Waals surface area contributed by atoms with Crippen LogP contribution in [0.3, 0.4) is 0 Å². The molecule has 0 saturated carbocycles. The number of benzene rings is 2. The van der Waals surface area contributed by atoms with E-state index in [0.717, 1.165) is 30.8 Å². The molecule has 1 aromatic heterocycles. The number of nitro benzene ring substituents is 1. The molecular weight excluding hydrogens is 332 g/mol. The third-order valence-corrected chi connectivity index (χ3v) is 5.47. The van der Waals surface area contributed by atoms with E-state index in [2.05, 4.69) is 4.98 Å². The van der Waals surface area contributed by atoms with E-state index in [-0.39, 0.29) is 10.6 Å². The smallest absolute Gasteiger partial charge is 0.269 e. The lowest BCUT2D eigenvalue weighted by molar-refractivity contribution is -0.385. The lowest BCUT2D eigenvalue weighted by Crippen LogP contribution is -1.89. The summed E-state index contributed by atoms with van der Waals surface area (Å²) in [6, 6.07) is 10.7. The highest BCUT2D eigenvalue weighted by atomic mass is 32.2. The average molecular weight is 346 g/mol. The molecule has 0 aliphatic heterocycles. The van der Waals surface area contributed by atoms with E-state index in [0.29, 0.717) is 6.61 Å². The van der Waals surface area contributed by atoms with Crippen LogP contribution in [-0.2, 0) is 0 Å². The second-order valence-electron chi connectivity index (χ2n) is 4.85. The fourth-order valence-corrected chi connectivity index (χ4v) is 4.26. The Balaban J connectivity index is 1.88. The van der Waals surface area contributed by atoms with Crippen molar-refractivity contribution in [1.29, 1.82) is 0 Å². The molecule has 0 N–H and O–H groups in total. The highest BCUT2D eigenvalue weighted by Gasteiger charge is 2.12. The van der Waals surface area contributed by atoms with E-state index in [1.165, 1.54) is 17.8 Å². The first-order valence-corrected chi connectivity index (χ1v) is 8.66. The summed E-state index contributed by atoms with van der Waals surface area (Å²) in [6.45, 7) is 4.46. The fraction of sp³-hybridized carbons (Fsp3) is 0.188. The van der Waals surface area contributed by atoms with Gasteiger partial charge in [0.05, 0.1) is 21.7 Å². The summed E-state index contributed by atoms with van der Waals surface area (Å²) in [5.41, 5.74) is 1.91. The van der Waals surface area contributed by atoms with Crippen molar-refractivity contribution in [3.63, 3.8) is 0 Å². The minimum atomic E-state index is -0.381. The zero-order valence-corrected chi connectivity index (χ0v) is 14.2. The number of nitro groups is 1. The van der Waals surface area contributed by atoms with E-state index < -0.39 is 0 Å². The molecule has 0 spiro atoms. The number of non-ortho nitro benzene ring substituents is 1. The number of fused-ring (bicyclic) bond motifs is 1. The normalized spacial score (nSPS) is 10.9. The number of nitrogens with zero attached hydrogens (tertiary/aromatic N) is 2. The molecule has 0 saturated heterocycles. The van der Waals surface area contributed by atoms with E-state index in [9.17, 15) is 10.1 Å². The second-order valence-corrected chi connectivity index (χ2v) is 7.17. The SMILES string of the molecule is CCOc1ccc2nc(Sc3ccc([N+](=O)[O-])cc3C)sc2c1. The second kappa shape index (κ2) is 6.55. The summed E-state index contributed by atoms with van der Waals surface area (Å²) in [5.74, 6) is 0.840. The summed E-state index contributed by atoms with van der Waals surface area (Å²) in [5, 5.41) is 10.8. The van der Waals surface area contributed by atoms with Gasteiger partial charge in [0.2, 0.25) is 0 Å². The molecule has 0 radical (unpaired) electrons. The van der Waals surface area contributed by atoms with Gasteiger partial charge in [-0.05, 0) is 43.7 Å². The molecule has 1 heterocycles. The van der Waals surface area contributed by atoms with Crippen molar-refractivity contribution in [1.82, 2.24) is 4.98 Å². The van der Waals surface area contributed by atoms with Crippen molar-refractivity contribution < 1.29 is 9.66 Å². The topological polar surface area (TPSA) is 65.3 Å². The molecule has 0 unspecified atom stereocenters. The van der Waals surface area contributed by atoms with Gasteiger partial charge >= 0.3 is 0 Å². The minimum absolute atomic E-state index is 0.109. The van der Waals surface area contributed by atoms with Gasteiger partial charge in [-0.25, -0.2) is 4.98 Å². The Morgan fingerprint density at radius 3 is 2.83 bits per heavy atom. The molecule has 0 aliphatic carbocycles. The van der Waals surface area contributed by atoms with Gasteiger partial charge in [0.25, 0.3) is 5.69 Å². The Morgan fingerprint density at radius 2 is 2.13 bits per heavy atom. The van der Waals surface area contributed by atoms with Crippen molar-refractivity contribution in [2.24, 2.45) is 0 Å². The molecule has 5 nitrogen and oxygen atoms in total. The van der Waals surface area contributed by atoms with Gasteiger partial charge in [-0.3, -0.25) is 10.1 Å². The average Bonchev–Trinajstić information content (AvgIpc) is 2.91. The number of hydrogen-bond acceptors (Lipinski definition) is 6. The van der Waals surface area contributed by atoms with Crippen molar-refractivity contribution in [2.45, 2.75) is 23.1 Å². The van der Waals surface area contributed by atoms with E-state index in [1.54, 1.807) is 23.5 Å². The number of ether oxygens (including phenoxy) is 1. The first kappa shape index (κ1) is 15.8. The highest BCUT2D eigenvalue weighted by Crippen LogP contribution is 2.37. The summed E-state index contributed by atoms with van der Waals surface area (Å²) >= 11 is 3.11. The van der Waals surface area contributed by atoms with Gasteiger partial charge in [-0.1, -0.05) is 11.8 Å². The van der Waals surface area contributed by atoms with Gasteiger partial charge < -0.3 is 4.74 Å². The number of aryl methyl sites for hydroxylation is 1. The monoisotopic (exact) mass is 346 g/mol. The van der Waals surface area contributed by atoms with Crippen molar-refractivity contribution in [3.05, 3.63) is 52.1 Å². The van der Waals surface area contributed by atoms with Crippen LogP contribution in [0.4, 0.5) is 5.69 Å². The Labute approximate surface area is 141 Å². The van der Waals surface area contributed by atoms with Crippen LogP contribution in [-0.4, -0.2) is 16.5 Å². The standard InChI is InChI=1S/C16H14N2O3S2/c1-3-21-12-5-6-13-15(9-12)23-16(17-13)22-14-7-4-11(18(19)20)8-10(14)2/h4-9H,3H2,1-2H3. The molecule has 3 rings (SSSR count). The van der Waals surface area contributed by atoms with Gasteiger partial charge in [-0.2, -0.15) is 0 Å². The maximum absolute atomic E-state index is 10.8. The van der Waals surface area contributed by atoms with Gasteiger partial charge in [0.1, 0.15) is 5.75 Å². The van der Waals surface area contributed by atoms with Crippen LogP contribution in [0.15, 0.2) is 45.6 Å². The number of thiazole rings is 1. The summed E-state index contributed by atoms with van der Waals surface area (Å²) in [7, 11) is 0. The molecule has 0 aliphatic rings. The van der Waals surface area contributed by atoms with Gasteiger partial charge in [0, 0.05) is 17.0 Å². The van der Waals surface area contributed by atoms with Crippen LogP contribution in [0.2, 0.25) is 0 Å². The third-order valence-electron chi connectivity index (χ3n) is 3.22. The fourth-order valence-electron chi connectivity index (χ4n) is 2.14. The molecule has 0 bridgehead atoms. The lowest BCUT2D eigenvalue weighted by atomic mass is 10.2. The maximum Gasteiger partial charge on any atom is 0.269 e. The lowest BCUT2D eigenvalue weighted by Gasteiger charge is -2.02. The Hall–Kier alpha value is -2.12. The minimum Gasteiger partial charge on any atom is -0.494 e. The van der Waals surface area contributed by atoms with Crippen LogP contribution >= 0.6 is 23.1 Å². The predicted octanol–water partition coefficient (Wildman–Crippen LogP) is 5.06. The zero-order valence-electron chi connectivity index (χ0n) is 12.6. The van der Waals surface area contributed by atoms with Gasteiger partial charge in [0.15, 0.2) is 4.34 Å². The third kappa shape index (κ3) is 3.46. The maximum atomic E-state index is 10.8. The number of aromatic nitrogens is 1. The van der Waals surface area contributed by atoms with Crippen molar-refractivity contribution in [2.75, 3.05) is 6.61 Å². The van der Waals surface area contributed by atoms with E-state index in [1.807, 2.05) is 32.0 Å². The van der Waals surface area contributed by atoms with Crippen molar-refractivity contribution >= 4 is 39.0 Å². The Bertz CT molecular complexity index is 877. The molecular formula is C16H14N2O3S2.